The molecule has 7 nitrogen and oxygen atoms in total. The second-order valence-corrected chi connectivity index (χ2v) is 6.42. The molecular formula is C18H18F3N5O2. The molecule has 1 saturated heterocycles. The third-order valence-corrected chi connectivity index (χ3v) is 4.44. The highest BCUT2D eigenvalue weighted by molar-refractivity contribution is 5.94. The van der Waals surface area contributed by atoms with Crippen LogP contribution >= 0.6 is 0 Å². The minimum atomic E-state index is -4.53. The number of hydrogen-bond donors (Lipinski definition) is 2. The summed E-state index contributed by atoms with van der Waals surface area (Å²) in [7, 11) is 0. The zero-order chi connectivity index (χ0) is 20.3. The molecule has 1 aliphatic rings. The first-order chi connectivity index (χ1) is 13.3. The predicted molar refractivity (Wildman–Crippen MR) is 95.6 cm³/mol. The number of anilines is 2. The van der Waals surface area contributed by atoms with Gasteiger partial charge in [0.1, 0.15) is 17.3 Å². The smallest absolute Gasteiger partial charge is 0.364 e. The Hall–Kier alpha value is -3.17. The van der Waals surface area contributed by atoms with Gasteiger partial charge in [-0.15, -0.1) is 0 Å². The molecule has 3 N–H and O–H groups in total. The number of nitrogens with two attached hydrogens (primary N) is 1. The quantitative estimate of drug-likeness (QED) is 0.831. The van der Waals surface area contributed by atoms with Gasteiger partial charge in [0, 0.05) is 19.3 Å². The van der Waals surface area contributed by atoms with Crippen molar-refractivity contribution in [1.29, 1.82) is 0 Å². The highest BCUT2D eigenvalue weighted by Crippen LogP contribution is 2.36. The molecule has 1 fully saturated rings. The van der Waals surface area contributed by atoms with Crippen molar-refractivity contribution in [3.8, 4) is 0 Å². The Morgan fingerprint density at radius 3 is 2.71 bits per heavy atom. The predicted octanol–water partition coefficient (Wildman–Crippen LogP) is 2.45. The van der Waals surface area contributed by atoms with Gasteiger partial charge in [-0.05, 0) is 37.1 Å². The Bertz CT molecular complexity index is 888. The maximum atomic E-state index is 13.3. The van der Waals surface area contributed by atoms with E-state index in [4.69, 9.17) is 5.73 Å². The highest BCUT2D eigenvalue weighted by Gasteiger charge is 2.37. The van der Waals surface area contributed by atoms with Gasteiger partial charge in [-0.2, -0.15) is 13.2 Å². The number of pyridine rings is 2. The molecule has 10 heteroatoms. The maximum Gasteiger partial charge on any atom is 0.419 e. The minimum absolute atomic E-state index is 0.00590. The summed E-state index contributed by atoms with van der Waals surface area (Å²) in [6.45, 7) is 0.473. The van der Waals surface area contributed by atoms with Gasteiger partial charge in [-0.3, -0.25) is 9.59 Å². The second kappa shape index (κ2) is 7.83. The van der Waals surface area contributed by atoms with Crippen LogP contribution in [0.25, 0.3) is 0 Å². The number of rotatable bonds is 4. The number of amides is 2. The summed E-state index contributed by atoms with van der Waals surface area (Å²) in [4.78, 5) is 33.1. The van der Waals surface area contributed by atoms with Crippen molar-refractivity contribution < 1.29 is 22.8 Å². The maximum absolute atomic E-state index is 13.3. The molecule has 0 bridgehead atoms. The number of piperidine rings is 1. The molecule has 3 rings (SSSR count). The van der Waals surface area contributed by atoms with Gasteiger partial charge in [0.2, 0.25) is 5.91 Å². The van der Waals surface area contributed by atoms with E-state index in [1.165, 1.54) is 35.4 Å². The number of nitrogens with zero attached hydrogens (tertiary/aromatic N) is 3. The van der Waals surface area contributed by atoms with Crippen molar-refractivity contribution in [1.82, 2.24) is 9.97 Å². The molecule has 1 atom stereocenters. The van der Waals surface area contributed by atoms with Crippen LogP contribution in [0.2, 0.25) is 0 Å². The van der Waals surface area contributed by atoms with Gasteiger partial charge in [0.05, 0.1) is 11.5 Å². The van der Waals surface area contributed by atoms with Crippen LogP contribution in [0.4, 0.5) is 24.8 Å². The summed E-state index contributed by atoms with van der Waals surface area (Å²) in [5.74, 6) is -1.68. The molecule has 2 aromatic rings. The van der Waals surface area contributed by atoms with Gasteiger partial charge in [-0.1, -0.05) is 6.07 Å². The van der Waals surface area contributed by atoms with Crippen LogP contribution in [0.3, 0.4) is 0 Å². The van der Waals surface area contributed by atoms with E-state index in [1.54, 1.807) is 0 Å². The highest BCUT2D eigenvalue weighted by atomic mass is 19.4. The molecule has 2 aromatic heterocycles. The SMILES string of the molecule is NC(=O)c1cccc(NC(=O)C2CCCN(c3ncccc3C(F)(F)F)C2)n1. The number of aromatic nitrogens is 2. The third kappa shape index (κ3) is 4.38. The second-order valence-electron chi connectivity index (χ2n) is 6.42. The number of nitrogens with one attached hydrogen (secondary N) is 1. The zero-order valence-corrected chi connectivity index (χ0v) is 14.7. The summed E-state index contributed by atoms with van der Waals surface area (Å²) >= 11 is 0. The summed E-state index contributed by atoms with van der Waals surface area (Å²) in [6, 6.07) is 6.66. The lowest BCUT2D eigenvalue weighted by molar-refractivity contribution is -0.137. The Kier molecular flexibility index (Phi) is 5.48. The average Bonchev–Trinajstić information content (AvgIpc) is 2.67. The lowest BCUT2D eigenvalue weighted by atomic mass is 9.96. The Morgan fingerprint density at radius 2 is 2.00 bits per heavy atom. The number of halogens is 3. The fraction of sp³-hybridized carbons (Fsp3) is 0.333. The fourth-order valence-electron chi connectivity index (χ4n) is 3.12. The topological polar surface area (TPSA) is 101 Å². The van der Waals surface area contributed by atoms with Crippen molar-refractivity contribution in [3.05, 3.63) is 47.8 Å². The van der Waals surface area contributed by atoms with E-state index in [0.717, 1.165) is 6.07 Å². The van der Waals surface area contributed by atoms with E-state index in [1.807, 2.05) is 0 Å². The molecule has 3 heterocycles. The van der Waals surface area contributed by atoms with Crippen LogP contribution in [-0.4, -0.2) is 34.9 Å². The van der Waals surface area contributed by atoms with Crippen molar-refractivity contribution in [2.75, 3.05) is 23.3 Å². The lowest BCUT2D eigenvalue weighted by Crippen LogP contribution is -2.42. The summed E-state index contributed by atoms with van der Waals surface area (Å²) in [6.07, 6.45) is -2.17. The zero-order valence-electron chi connectivity index (χ0n) is 14.7. The largest absolute Gasteiger partial charge is 0.419 e. The van der Waals surface area contributed by atoms with Crippen LogP contribution in [0.1, 0.15) is 28.9 Å². The van der Waals surface area contributed by atoms with Gasteiger partial charge < -0.3 is 16.0 Å². The molecule has 0 saturated carbocycles. The van der Waals surface area contributed by atoms with Gasteiger partial charge >= 0.3 is 6.18 Å². The minimum Gasteiger partial charge on any atom is -0.364 e. The van der Waals surface area contributed by atoms with Gasteiger partial charge in [-0.25, -0.2) is 9.97 Å². The fourth-order valence-corrected chi connectivity index (χ4v) is 3.12. The molecular weight excluding hydrogens is 375 g/mol. The van der Waals surface area contributed by atoms with Crippen LogP contribution in [0.15, 0.2) is 36.5 Å². The van der Waals surface area contributed by atoms with Crippen molar-refractivity contribution >= 4 is 23.5 Å². The van der Waals surface area contributed by atoms with Crippen molar-refractivity contribution in [2.45, 2.75) is 19.0 Å². The lowest BCUT2D eigenvalue weighted by Gasteiger charge is -2.34. The van der Waals surface area contributed by atoms with Crippen molar-refractivity contribution in [3.63, 3.8) is 0 Å². The number of primary amides is 1. The molecule has 28 heavy (non-hydrogen) atoms. The van der Waals surface area contributed by atoms with Gasteiger partial charge in [0.25, 0.3) is 5.91 Å². The third-order valence-electron chi connectivity index (χ3n) is 4.44. The average molecular weight is 393 g/mol. The Morgan fingerprint density at radius 1 is 1.21 bits per heavy atom. The molecule has 148 valence electrons. The molecule has 2 amide bonds. The van der Waals surface area contributed by atoms with E-state index in [0.29, 0.717) is 19.4 Å². The molecule has 1 aliphatic heterocycles. The van der Waals surface area contributed by atoms with E-state index in [2.05, 4.69) is 15.3 Å². The summed E-state index contributed by atoms with van der Waals surface area (Å²) in [5, 5.41) is 2.60. The first-order valence-electron chi connectivity index (χ1n) is 8.60. The van der Waals surface area contributed by atoms with Crippen molar-refractivity contribution in [2.24, 2.45) is 11.7 Å². The number of alkyl halides is 3. The molecule has 0 spiro atoms. The van der Waals surface area contributed by atoms with Gasteiger partial charge in [0.15, 0.2) is 0 Å². The molecule has 0 aliphatic carbocycles. The van der Waals surface area contributed by atoms with Crippen LogP contribution in [0.5, 0.6) is 0 Å². The standard InChI is InChI=1S/C18H18F3N5O2/c19-18(20,21)12-5-2-8-23-16(12)26-9-3-4-11(10-26)17(28)25-14-7-1-6-13(24-14)15(22)27/h1-2,5-8,11H,3-4,9-10H2,(H2,22,27)(H,24,25,28). The van der Waals surface area contributed by atoms with E-state index >= 15 is 0 Å². The van der Waals surface area contributed by atoms with E-state index in [9.17, 15) is 22.8 Å². The van der Waals surface area contributed by atoms with Crippen LogP contribution in [0, 0.1) is 5.92 Å². The summed E-state index contributed by atoms with van der Waals surface area (Å²) < 4.78 is 39.8. The monoisotopic (exact) mass is 393 g/mol. The normalized spacial score (nSPS) is 17.2. The first-order valence-corrected chi connectivity index (χ1v) is 8.60. The number of carbonyl (C=O) groups is 2. The molecule has 0 aromatic carbocycles. The molecule has 0 radical (unpaired) electrons. The molecule has 1 unspecified atom stereocenters. The first kappa shape index (κ1) is 19.6. The van der Waals surface area contributed by atoms with Crippen LogP contribution < -0.4 is 16.0 Å². The number of hydrogen-bond acceptors (Lipinski definition) is 5. The summed E-state index contributed by atoms with van der Waals surface area (Å²) in [5.41, 5.74) is 4.35. The number of carbonyl (C=O) groups excluding carboxylic acids is 2. The Balaban J connectivity index is 1.74. The van der Waals surface area contributed by atoms with E-state index in [-0.39, 0.29) is 29.8 Å². The Labute approximate surface area is 158 Å². The van der Waals surface area contributed by atoms with E-state index < -0.39 is 23.6 Å². The van der Waals surface area contributed by atoms with Crippen LogP contribution in [-0.2, 0) is 11.0 Å².